The average Bonchev–Trinajstić information content (AvgIpc) is 2.73. The average molecular weight is 253 g/mol. The van der Waals surface area contributed by atoms with E-state index in [9.17, 15) is 0 Å². The molecule has 1 aromatic heterocycles. The molecule has 0 unspecified atom stereocenters. The second kappa shape index (κ2) is 6.29. The molecule has 1 fully saturated rings. The van der Waals surface area contributed by atoms with E-state index in [-0.39, 0.29) is 0 Å². The van der Waals surface area contributed by atoms with Gasteiger partial charge in [0.2, 0.25) is 5.89 Å². The molecule has 2 N–H and O–H groups in total. The van der Waals surface area contributed by atoms with Crippen LogP contribution in [0.2, 0.25) is 0 Å². The largest absolute Gasteiger partial charge is 0.385 e. The van der Waals surface area contributed by atoms with E-state index in [4.69, 9.17) is 15.0 Å². The molecule has 0 spiro atoms. The number of ether oxygens (including phenoxy) is 1. The zero-order valence-corrected chi connectivity index (χ0v) is 11.2. The molecule has 2 rings (SSSR count). The SMILES string of the molecule is COCCCc1noc(C2(N)CCCCCC2)n1. The molecule has 0 aliphatic heterocycles. The van der Waals surface area contributed by atoms with Gasteiger partial charge >= 0.3 is 0 Å². The van der Waals surface area contributed by atoms with E-state index in [1.807, 2.05) is 0 Å². The second-order valence-electron chi connectivity index (χ2n) is 5.18. The lowest BCUT2D eigenvalue weighted by atomic mass is 9.91. The Balaban J connectivity index is 1.99. The lowest BCUT2D eigenvalue weighted by Gasteiger charge is -2.22. The third-order valence-electron chi connectivity index (χ3n) is 3.64. The first-order valence-electron chi connectivity index (χ1n) is 6.85. The minimum atomic E-state index is -0.400. The highest BCUT2D eigenvalue weighted by molar-refractivity contribution is 5.03. The normalized spacial score (nSPS) is 19.7. The molecule has 0 atom stereocenters. The molecular weight excluding hydrogens is 230 g/mol. The van der Waals surface area contributed by atoms with Gasteiger partial charge in [-0.2, -0.15) is 4.98 Å². The molecule has 102 valence electrons. The van der Waals surface area contributed by atoms with Crippen LogP contribution in [0.1, 0.15) is 56.7 Å². The highest BCUT2D eigenvalue weighted by Crippen LogP contribution is 2.32. The van der Waals surface area contributed by atoms with Crippen LogP contribution in [0.5, 0.6) is 0 Å². The zero-order chi connectivity index (χ0) is 12.8. The quantitative estimate of drug-likeness (QED) is 0.643. The summed E-state index contributed by atoms with van der Waals surface area (Å²) in [6, 6.07) is 0. The number of aryl methyl sites for hydroxylation is 1. The molecule has 0 bridgehead atoms. The smallest absolute Gasteiger partial charge is 0.246 e. The van der Waals surface area contributed by atoms with Crippen molar-refractivity contribution in [1.82, 2.24) is 10.1 Å². The number of nitrogens with two attached hydrogens (primary N) is 1. The third kappa shape index (κ3) is 3.29. The van der Waals surface area contributed by atoms with Gasteiger partial charge in [0.15, 0.2) is 5.82 Å². The lowest BCUT2D eigenvalue weighted by molar-refractivity contribution is 0.194. The summed E-state index contributed by atoms with van der Waals surface area (Å²) in [5, 5.41) is 4.02. The molecule has 1 aliphatic rings. The fourth-order valence-corrected chi connectivity index (χ4v) is 2.51. The van der Waals surface area contributed by atoms with Crippen molar-refractivity contribution in [2.45, 2.75) is 56.9 Å². The summed E-state index contributed by atoms with van der Waals surface area (Å²) in [6.45, 7) is 0.720. The van der Waals surface area contributed by atoms with Crippen molar-refractivity contribution in [3.05, 3.63) is 11.7 Å². The van der Waals surface area contributed by atoms with E-state index < -0.39 is 5.54 Å². The molecule has 1 aromatic rings. The molecule has 0 radical (unpaired) electrons. The summed E-state index contributed by atoms with van der Waals surface area (Å²) in [6.07, 6.45) is 8.41. The maximum Gasteiger partial charge on any atom is 0.246 e. The first-order valence-corrected chi connectivity index (χ1v) is 6.85. The number of methoxy groups -OCH3 is 1. The standard InChI is InChI=1S/C13H23N3O2/c1-17-10-6-7-11-15-12(18-16-11)13(14)8-4-2-3-5-9-13/h2-10,14H2,1H3. The van der Waals surface area contributed by atoms with Gasteiger partial charge in [-0.15, -0.1) is 0 Å². The maximum atomic E-state index is 6.43. The van der Waals surface area contributed by atoms with E-state index in [1.54, 1.807) is 7.11 Å². The molecule has 5 nitrogen and oxygen atoms in total. The number of aromatic nitrogens is 2. The summed E-state index contributed by atoms with van der Waals surface area (Å²) in [5.74, 6) is 1.37. The van der Waals surface area contributed by atoms with Gasteiger partial charge < -0.3 is 15.0 Å². The summed E-state index contributed by atoms with van der Waals surface area (Å²) < 4.78 is 10.4. The fraction of sp³-hybridized carbons (Fsp3) is 0.846. The van der Waals surface area contributed by atoms with Gasteiger partial charge in [-0.3, -0.25) is 0 Å². The van der Waals surface area contributed by atoms with Crippen LogP contribution in [0.3, 0.4) is 0 Å². The number of hydrogen-bond donors (Lipinski definition) is 1. The first-order chi connectivity index (χ1) is 8.74. The van der Waals surface area contributed by atoms with Gasteiger partial charge in [-0.05, 0) is 19.3 Å². The van der Waals surface area contributed by atoms with Crippen molar-refractivity contribution in [2.75, 3.05) is 13.7 Å². The minimum absolute atomic E-state index is 0.400. The van der Waals surface area contributed by atoms with Crippen LogP contribution in [-0.4, -0.2) is 23.9 Å². The number of nitrogens with zero attached hydrogens (tertiary/aromatic N) is 2. The Bertz CT molecular complexity index is 357. The van der Waals surface area contributed by atoms with Crippen LogP contribution in [0.4, 0.5) is 0 Å². The Hall–Kier alpha value is -0.940. The Morgan fingerprint density at radius 1 is 1.28 bits per heavy atom. The fourth-order valence-electron chi connectivity index (χ4n) is 2.51. The summed E-state index contributed by atoms with van der Waals surface area (Å²) in [5.41, 5.74) is 6.03. The van der Waals surface area contributed by atoms with Crippen LogP contribution >= 0.6 is 0 Å². The molecule has 0 amide bonds. The van der Waals surface area contributed by atoms with Gasteiger partial charge in [0.05, 0.1) is 5.54 Å². The van der Waals surface area contributed by atoms with E-state index in [0.717, 1.165) is 51.0 Å². The van der Waals surface area contributed by atoms with Gasteiger partial charge in [-0.1, -0.05) is 30.8 Å². The van der Waals surface area contributed by atoms with Gasteiger partial charge in [0.25, 0.3) is 0 Å². The topological polar surface area (TPSA) is 74.2 Å². The summed E-state index contributed by atoms with van der Waals surface area (Å²) in [4.78, 5) is 4.46. The minimum Gasteiger partial charge on any atom is -0.385 e. The molecule has 5 heteroatoms. The molecule has 18 heavy (non-hydrogen) atoms. The van der Waals surface area contributed by atoms with Crippen molar-refractivity contribution >= 4 is 0 Å². The third-order valence-corrected chi connectivity index (χ3v) is 3.64. The highest BCUT2D eigenvalue weighted by Gasteiger charge is 2.34. The molecule has 1 saturated carbocycles. The second-order valence-corrected chi connectivity index (χ2v) is 5.18. The van der Waals surface area contributed by atoms with Crippen molar-refractivity contribution in [1.29, 1.82) is 0 Å². The summed E-state index contributed by atoms with van der Waals surface area (Å²) >= 11 is 0. The van der Waals surface area contributed by atoms with Gasteiger partial charge in [-0.25, -0.2) is 0 Å². The highest BCUT2D eigenvalue weighted by atomic mass is 16.5. The van der Waals surface area contributed by atoms with Crippen molar-refractivity contribution in [2.24, 2.45) is 5.73 Å². The van der Waals surface area contributed by atoms with Crippen LogP contribution < -0.4 is 5.73 Å². The lowest BCUT2D eigenvalue weighted by Crippen LogP contribution is -2.36. The predicted octanol–water partition coefficient (Wildman–Crippen LogP) is 2.16. The zero-order valence-electron chi connectivity index (χ0n) is 11.2. The van der Waals surface area contributed by atoms with E-state index >= 15 is 0 Å². The molecule has 0 saturated heterocycles. The Morgan fingerprint density at radius 2 is 2.00 bits per heavy atom. The van der Waals surface area contributed by atoms with Gasteiger partial charge in [0.1, 0.15) is 0 Å². The summed E-state index contributed by atoms with van der Waals surface area (Å²) in [7, 11) is 1.70. The molecule has 1 aliphatic carbocycles. The van der Waals surface area contributed by atoms with Gasteiger partial charge in [0, 0.05) is 20.1 Å². The molecule has 0 aromatic carbocycles. The number of rotatable bonds is 5. The monoisotopic (exact) mass is 253 g/mol. The number of hydrogen-bond acceptors (Lipinski definition) is 5. The predicted molar refractivity (Wildman–Crippen MR) is 68.1 cm³/mol. The Morgan fingerprint density at radius 3 is 2.67 bits per heavy atom. The van der Waals surface area contributed by atoms with E-state index in [2.05, 4.69) is 10.1 Å². The molecular formula is C13H23N3O2. The van der Waals surface area contributed by atoms with Crippen molar-refractivity contribution < 1.29 is 9.26 Å². The first kappa shape index (κ1) is 13.5. The van der Waals surface area contributed by atoms with Crippen LogP contribution in [0.25, 0.3) is 0 Å². The molecule has 1 heterocycles. The van der Waals surface area contributed by atoms with Crippen LogP contribution in [-0.2, 0) is 16.7 Å². The van der Waals surface area contributed by atoms with Crippen molar-refractivity contribution in [3.63, 3.8) is 0 Å². The maximum absolute atomic E-state index is 6.43. The van der Waals surface area contributed by atoms with Crippen molar-refractivity contribution in [3.8, 4) is 0 Å². The Kier molecular flexibility index (Phi) is 4.72. The van der Waals surface area contributed by atoms with E-state index in [0.29, 0.717) is 5.89 Å². The van der Waals surface area contributed by atoms with E-state index in [1.165, 1.54) is 12.8 Å². The van der Waals surface area contributed by atoms with Crippen LogP contribution in [0.15, 0.2) is 4.52 Å². The Labute approximate surface area is 108 Å². The van der Waals surface area contributed by atoms with Crippen LogP contribution in [0, 0.1) is 0 Å².